The predicted molar refractivity (Wildman–Crippen MR) is 72.3 cm³/mol. The molecule has 3 aromatic rings. The summed E-state index contributed by atoms with van der Waals surface area (Å²) in [5, 5.41) is 0.417. The first-order valence-corrected chi connectivity index (χ1v) is 5.73. The van der Waals surface area contributed by atoms with E-state index < -0.39 is 0 Å². The minimum Gasteiger partial charge on any atom is -0.456 e. The first-order valence-electron chi connectivity index (χ1n) is 5.73. The molecule has 2 aromatic carbocycles. The summed E-state index contributed by atoms with van der Waals surface area (Å²) < 4.78 is 18.8. The van der Waals surface area contributed by atoms with Crippen molar-refractivity contribution < 1.29 is 8.81 Å². The molecule has 0 amide bonds. The highest BCUT2D eigenvalue weighted by molar-refractivity contribution is 5.81. The molecule has 94 valence electrons. The molecule has 0 fully saturated rings. The fraction of sp³-hybridized carbons (Fsp3) is 0. The quantitative estimate of drug-likeness (QED) is 0.679. The van der Waals surface area contributed by atoms with Gasteiger partial charge in [0.05, 0.1) is 5.39 Å². The second-order valence-electron chi connectivity index (χ2n) is 4.24. The van der Waals surface area contributed by atoms with Crippen molar-refractivity contribution in [2.24, 2.45) is 0 Å². The van der Waals surface area contributed by atoms with Crippen molar-refractivity contribution in [2.45, 2.75) is 0 Å². The summed E-state index contributed by atoms with van der Waals surface area (Å²) in [6, 6.07) is 12.1. The summed E-state index contributed by atoms with van der Waals surface area (Å²) in [5.74, 6) is -0.0423. The molecule has 3 nitrogen and oxygen atoms in total. The fourth-order valence-corrected chi connectivity index (χ4v) is 1.96. The van der Waals surface area contributed by atoms with Crippen LogP contribution in [0.15, 0.2) is 57.7 Å². The molecule has 0 bridgehead atoms. The van der Waals surface area contributed by atoms with Gasteiger partial charge in [0.25, 0.3) is 0 Å². The van der Waals surface area contributed by atoms with Gasteiger partial charge in [0.1, 0.15) is 17.2 Å². The molecule has 19 heavy (non-hydrogen) atoms. The van der Waals surface area contributed by atoms with E-state index in [0.717, 1.165) is 0 Å². The van der Waals surface area contributed by atoms with Crippen LogP contribution in [0.3, 0.4) is 0 Å². The highest BCUT2D eigenvalue weighted by Gasteiger charge is 2.07. The summed E-state index contributed by atoms with van der Waals surface area (Å²) in [7, 11) is 0. The molecule has 0 radical (unpaired) electrons. The van der Waals surface area contributed by atoms with Gasteiger partial charge in [-0.15, -0.1) is 0 Å². The number of halogens is 1. The van der Waals surface area contributed by atoms with Crippen LogP contribution in [0.5, 0.6) is 0 Å². The number of nitrogen functional groups attached to an aromatic ring is 1. The maximum atomic E-state index is 13.2. The van der Waals surface area contributed by atoms with Crippen LogP contribution in [0.1, 0.15) is 0 Å². The first kappa shape index (κ1) is 11.5. The molecule has 0 aliphatic rings. The summed E-state index contributed by atoms with van der Waals surface area (Å²) in [6.45, 7) is 0. The van der Waals surface area contributed by atoms with E-state index in [0.29, 0.717) is 28.0 Å². The molecule has 0 aliphatic carbocycles. The summed E-state index contributed by atoms with van der Waals surface area (Å²) >= 11 is 0. The summed E-state index contributed by atoms with van der Waals surface area (Å²) in [6.07, 6.45) is 0. The lowest BCUT2D eigenvalue weighted by Crippen LogP contribution is -2.01. The zero-order valence-corrected chi connectivity index (χ0v) is 9.89. The third-order valence-electron chi connectivity index (χ3n) is 2.86. The van der Waals surface area contributed by atoms with Crippen molar-refractivity contribution in [1.82, 2.24) is 0 Å². The molecular weight excluding hydrogens is 245 g/mol. The van der Waals surface area contributed by atoms with Gasteiger partial charge in [-0.1, -0.05) is 12.1 Å². The van der Waals surface area contributed by atoms with Gasteiger partial charge < -0.3 is 10.2 Å². The van der Waals surface area contributed by atoms with Crippen LogP contribution in [-0.4, -0.2) is 0 Å². The van der Waals surface area contributed by atoms with Crippen LogP contribution in [0.2, 0.25) is 0 Å². The standard InChI is InChI=1S/C15H10FNO2/c16-10-3-1-2-9(6-10)15-8-13(18)12-7-11(17)4-5-14(12)19-15/h1-8H,17H2. The molecular formula is C15H10FNO2. The Kier molecular flexibility index (Phi) is 2.56. The number of benzene rings is 2. The van der Waals surface area contributed by atoms with E-state index in [1.54, 1.807) is 30.3 Å². The summed E-state index contributed by atoms with van der Waals surface area (Å²) in [5.41, 5.74) is 6.88. The van der Waals surface area contributed by atoms with Gasteiger partial charge in [0.15, 0.2) is 5.43 Å². The van der Waals surface area contributed by atoms with Crippen molar-refractivity contribution in [1.29, 1.82) is 0 Å². The van der Waals surface area contributed by atoms with Crippen LogP contribution in [-0.2, 0) is 0 Å². The molecule has 0 spiro atoms. The number of rotatable bonds is 1. The minimum absolute atomic E-state index is 0.201. The molecule has 0 unspecified atom stereocenters. The molecule has 1 heterocycles. The Morgan fingerprint density at radius 2 is 1.89 bits per heavy atom. The second kappa shape index (κ2) is 4.24. The third kappa shape index (κ3) is 2.08. The Hall–Kier alpha value is -2.62. The van der Waals surface area contributed by atoms with Crippen LogP contribution < -0.4 is 11.2 Å². The molecule has 2 N–H and O–H groups in total. The summed E-state index contributed by atoms with van der Waals surface area (Å²) in [4.78, 5) is 12.0. The monoisotopic (exact) mass is 255 g/mol. The van der Waals surface area contributed by atoms with Gasteiger partial charge in [-0.25, -0.2) is 4.39 Å². The number of hydrogen-bond donors (Lipinski definition) is 1. The SMILES string of the molecule is Nc1ccc2oc(-c3cccc(F)c3)cc(=O)c2c1. The van der Waals surface area contributed by atoms with Gasteiger partial charge >= 0.3 is 0 Å². The van der Waals surface area contributed by atoms with Gasteiger partial charge in [-0.05, 0) is 30.3 Å². The van der Waals surface area contributed by atoms with Crippen LogP contribution >= 0.6 is 0 Å². The molecule has 4 heteroatoms. The Labute approximate surface area is 108 Å². The van der Waals surface area contributed by atoms with Crippen molar-refractivity contribution in [3.8, 4) is 11.3 Å². The van der Waals surface area contributed by atoms with Gasteiger partial charge in [-0.3, -0.25) is 4.79 Å². The zero-order valence-electron chi connectivity index (χ0n) is 9.89. The predicted octanol–water partition coefficient (Wildman–Crippen LogP) is 3.18. The van der Waals surface area contributed by atoms with Crippen LogP contribution in [0, 0.1) is 5.82 Å². The average molecular weight is 255 g/mol. The van der Waals surface area contributed by atoms with E-state index in [1.807, 2.05) is 0 Å². The Bertz CT molecular complexity index is 824. The normalized spacial score (nSPS) is 10.8. The number of hydrogen-bond acceptors (Lipinski definition) is 3. The molecule has 1 aromatic heterocycles. The Balaban J connectivity index is 2.27. The Morgan fingerprint density at radius 1 is 1.05 bits per heavy atom. The van der Waals surface area contributed by atoms with Gasteiger partial charge in [0, 0.05) is 17.3 Å². The molecule has 0 aliphatic heterocycles. The average Bonchev–Trinajstić information content (AvgIpc) is 2.39. The van der Waals surface area contributed by atoms with Crippen molar-refractivity contribution >= 4 is 16.7 Å². The minimum atomic E-state index is -0.377. The maximum Gasteiger partial charge on any atom is 0.193 e. The van der Waals surface area contributed by atoms with Crippen molar-refractivity contribution in [3.63, 3.8) is 0 Å². The highest BCUT2D eigenvalue weighted by atomic mass is 19.1. The molecule has 0 atom stereocenters. The van der Waals surface area contributed by atoms with Crippen molar-refractivity contribution in [2.75, 3.05) is 5.73 Å². The molecule has 0 saturated carbocycles. The smallest absolute Gasteiger partial charge is 0.193 e. The van der Waals surface area contributed by atoms with Crippen LogP contribution in [0.4, 0.5) is 10.1 Å². The number of nitrogens with two attached hydrogens (primary N) is 1. The zero-order chi connectivity index (χ0) is 13.4. The molecule has 0 saturated heterocycles. The number of fused-ring (bicyclic) bond motifs is 1. The van der Waals surface area contributed by atoms with E-state index in [1.165, 1.54) is 18.2 Å². The maximum absolute atomic E-state index is 13.2. The van der Waals surface area contributed by atoms with Crippen LogP contribution in [0.25, 0.3) is 22.3 Å². The highest BCUT2D eigenvalue weighted by Crippen LogP contribution is 2.23. The topological polar surface area (TPSA) is 56.2 Å². The van der Waals surface area contributed by atoms with E-state index in [-0.39, 0.29) is 11.2 Å². The molecule has 3 rings (SSSR count). The lowest BCUT2D eigenvalue weighted by atomic mass is 10.1. The second-order valence-corrected chi connectivity index (χ2v) is 4.24. The van der Waals surface area contributed by atoms with E-state index in [4.69, 9.17) is 10.2 Å². The first-order chi connectivity index (χ1) is 9.13. The van der Waals surface area contributed by atoms with Gasteiger partial charge in [0.2, 0.25) is 0 Å². The van der Waals surface area contributed by atoms with E-state index >= 15 is 0 Å². The van der Waals surface area contributed by atoms with E-state index in [9.17, 15) is 9.18 Å². The lowest BCUT2D eigenvalue weighted by molar-refractivity contribution is 0.611. The Morgan fingerprint density at radius 3 is 2.68 bits per heavy atom. The van der Waals surface area contributed by atoms with E-state index in [2.05, 4.69) is 0 Å². The van der Waals surface area contributed by atoms with Gasteiger partial charge in [-0.2, -0.15) is 0 Å². The fourth-order valence-electron chi connectivity index (χ4n) is 1.96. The third-order valence-corrected chi connectivity index (χ3v) is 2.86. The largest absolute Gasteiger partial charge is 0.456 e. The van der Waals surface area contributed by atoms with Crippen molar-refractivity contribution in [3.05, 3.63) is 64.6 Å². The lowest BCUT2D eigenvalue weighted by Gasteiger charge is -2.03. The number of anilines is 1.